The lowest BCUT2D eigenvalue weighted by Gasteiger charge is -2.05. The van der Waals surface area contributed by atoms with E-state index in [9.17, 15) is 0 Å². The Bertz CT molecular complexity index is 359. The second-order valence-electron chi connectivity index (χ2n) is 2.52. The normalized spacial score (nSPS) is 11.9. The summed E-state index contributed by atoms with van der Waals surface area (Å²) in [7, 11) is 0. The Balaban J connectivity index is 3.12. The summed E-state index contributed by atoms with van der Waals surface area (Å²) in [4.78, 5) is 4.07. The number of isothiocyanates is 1. The molecular weight excluding hydrogens is 270 g/mol. The predicted molar refractivity (Wildman–Crippen MR) is 63.5 cm³/mol. The van der Waals surface area contributed by atoms with Crippen LogP contribution in [0, 0.1) is 0 Å². The van der Waals surface area contributed by atoms with Crippen LogP contribution < -0.4 is 0 Å². The van der Waals surface area contributed by atoms with E-state index in [-0.39, 0.29) is 4.83 Å². The predicted octanol–water partition coefficient (Wildman–Crippen LogP) is 4.53. The fraction of sp³-hybridized carbons (Fsp3) is 0.222. The van der Waals surface area contributed by atoms with Crippen LogP contribution in [-0.4, -0.2) is 5.16 Å². The number of thiocarbonyl (C=S) groups is 1. The first-order valence-corrected chi connectivity index (χ1v) is 5.36. The van der Waals surface area contributed by atoms with Gasteiger partial charge in [0.2, 0.25) is 0 Å². The standard InChI is InChI=1S/C9H7BrClNS/c1-6(10)8-3-2-7(12-5-13)4-9(8)11/h2-4,6H,1H3. The summed E-state index contributed by atoms with van der Waals surface area (Å²) in [6, 6.07) is 5.56. The molecule has 0 aliphatic carbocycles. The van der Waals surface area contributed by atoms with Crippen LogP contribution in [0.25, 0.3) is 0 Å². The van der Waals surface area contributed by atoms with Gasteiger partial charge in [0.05, 0.1) is 10.8 Å². The molecule has 0 spiro atoms. The lowest BCUT2D eigenvalue weighted by Crippen LogP contribution is -1.84. The van der Waals surface area contributed by atoms with Crippen LogP contribution >= 0.6 is 39.7 Å². The van der Waals surface area contributed by atoms with Gasteiger partial charge in [-0.1, -0.05) is 33.6 Å². The molecule has 0 bridgehead atoms. The van der Waals surface area contributed by atoms with E-state index < -0.39 is 0 Å². The first-order chi connectivity index (χ1) is 6.15. The van der Waals surface area contributed by atoms with Gasteiger partial charge in [0.25, 0.3) is 0 Å². The van der Waals surface area contributed by atoms with Crippen molar-refractivity contribution in [3.8, 4) is 0 Å². The molecular formula is C9H7BrClNS. The first kappa shape index (κ1) is 10.9. The molecule has 13 heavy (non-hydrogen) atoms. The molecule has 4 heteroatoms. The minimum Gasteiger partial charge on any atom is -0.195 e. The Morgan fingerprint density at radius 1 is 1.62 bits per heavy atom. The molecule has 68 valence electrons. The highest BCUT2D eigenvalue weighted by Gasteiger charge is 2.05. The number of nitrogens with zero attached hydrogens (tertiary/aromatic N) is 1. The minimum atomic E-state index is 0.241. The summed E-state index contributed by atoms with van der Waals surface area (Å²) in [6.07, 6.45) is 0. The van der Waals surface area contributed by atoms with Gasteiger partial charge in [0.1, 0.15) is 0 Å². The van der Waals surface area contributed by atoms with Crippen molar-refractivity contribution < 1.29 is 0 Å². The SMILES string of the molecule is CC(Br)c1ccc(N=C=S)cc1Cl. The zero-order valence-electron chi connectivity index (χ0n) is 6.92. The maximum Gasteiger partial charge on any atom is 0.0754 e. The molecule has 0 radical (unpaired) electrons. The third kappa shape index (κ3) is 2.89. The van der Waals surface area contributed by atoms with Crippen molar-refractivity contribution in [2.75, 3.05) is 0 Å². The molecule has 0 N–H and O–H groups in total. The molecule has 1 aromatic carbocycles. The number of aliphatic imine (C=N–C) groups is 1. The molecule has 1 aromatic rings. The Kier molecular flexibility index (Phi) is 4.07. The van der Waals surface area contributed by atoms with E-state index in [1.54, 1.807) is 6.07 Å². The Morgan fingerprint density at radius 2 is 2.31 bits per heavy atom. The third-order valence-electron chi connectivity index (χ3n) is 1.59. The van der Waals surface area contributed by atoms with Crippen LogP contribution in [0.3, 0.4) is 0 Å². The molecule has 0 saturated carbocycles. The second-order valence-corrected chi connectivity index (χ2v) is 4.49. The molecule has 0 aromatic heterocycles. The van der Waals surface area contributed by atoms with Crippen LogP contribution in [0.2, 0.25) is 5.02 Å². The maximum atomic E-state index is 6.01. The van der Waals surface area contributed by atoms with Gasteiger partial charge >= 0.3 is 0 Å². The van der Waals surface area contributed by atoms with Gasteiger partial charge in [-0.2, -0.15) is 4.99 Å². The van der Waals surface area contributed by atoms with Crippen molar-refractivity contribution in [3.63, 3.8) is 0 Å². The van der Waals surface area contributed by atoms with E-state index in [4.69, 9.17) is 11.6 Å². The first-order valence-electron chi connectivity index (χ1n) is 3.66. The van der Waals surface area contributed by atoms with Crippen LogP contribution in [0.15, 0.2) is 23.2 Å². The van der Waals surface area contributed by atoms with Gasteiger partial charge in [-0.05, 0) is 36.8 Å². The minimum absolute atomic E-state index is 0.241. The van der Waals surface area contributed by atoms with Gasteiger partial charge in [-0.25, -0.2) is 0 Å². The lowest BCUT2D eigenvalue weighted by atomic mass is 10.1. The summed E-state index contributed by atoms with van der Waals surface area (Å²) in [5.41, 5.74) is 1.78. The molecule has 0 amide bonds. The molecule has 1 atom stereocenters. The van der Waals surface area contributed by atoms with E-state index in [0.29, 0.717) is 5.02 Å². The number of hydrogen-bond donors (Lipinski definition) is 0. The number of hydrogen-bond acceptors (Lipinski definition) is 2. The monoisotopic (exact) mass is 275 g/mol. The highest BCUT2D eigenvalue weighted by atomic mass is 79.9. The summed E-state index contributed by atoms with van der Waals surface area (Å²) >= 11 is 13.9. The third-order valence-corrected chi connectivity index (χ3v) is 2.50. The highest BCUT2D eigenvalue weighted by molar-refractivity contribution is 9.09. The number of halogens is 2. The van der Waals surface area contributed by atoms with Crippen LogP contribution in [0.4, 0.5) is 5.69 Å². The summed E-state index contributed by atoms with van der Waals surface area (Å²) in [6.45, 7) is 2.02. The van der Waals surface area contributed by atoms with Crippen molar-refractivity contribution in [1.82, 2.24) is 0 Å². The molecule has 1 unspecified atom stereocenters. The van der Waals surface area contributed by atoms with E-state index in [1.807, 2.05) is 19.1 Å². The fourth-order valence-corrected chi connectivity index (χ4v) is 1.94. The van der Waals surface area contributed by atoms with Crippen molar-refractivity contribution in [1.29, 1.82) is 0 Å². The Morgan fingerprint density at radius 3 is 2.77 bits per heavy atom. The smallest absolute Gasteiger partial charge is 0.0754 e. The Labute approximate surface area is 96.0 Å². The van der Waals surface area contributed by atoms with Gasteiger partial charge in [-0.3, -0.25) is 0 Å². The summed E-state index contributed by atoms with van der Waals surface area (Å²) in [5.74, 6) is 0. The van der Waals surface area contributed by atoms with E-state index >= 15 is 0 Å². The molecule has 1 nitrogen and oxygen atoms in total. The Hall–Kier alpha value is -0.210. The van der Waals surface area contributed by atoms with Gasteiger partial charge in [0, 0.05) is 9.85 Å². The van der Waals surface area contributed by atoms with Crippen LogP contribution in [-0.2, 0) is 0 Å². The zero-order chi connectivity index (χ0) is 9.84. The van der Waals surface area contributed by atoms with Crippen molar-refractivity contribution in [2.45, 2.75) is 11.8 Å². The average molecular weight is 277 g/mol. The van der Waals surface area contributed by atoms with Crippen LogP contribution in [0.5, 0.6) is 0 Å². The molecule has 1 rings (SSSR count). The van der Waals surface area contributed by atoms with E-state index in [0.717, 1.165) is 11.3 Å². The van der Waals surface area contributed by atoms with Crippen LogP contribution in [0.1, 0.15) is 17.3 Å². The fourth-order valence-electron chi connectivity index (χ4n) is 0.961. The quantitative estimate of drug-likeness (QED) is 0.439. The van der Waals surface area contributed by atoms with E-state index in [2.05, 4.69) is 38.3 Å². The second kappa shape index (κ2) is 4.87. The summed E-state index contributed by atoms with van der Waals surface area (Å²) in [5, 5.41) is 2.99. The van der Waals surface area contributed by atoms with Gasteiger partial charge in [-0.15, -0.1) is 0 Å². The molecule has 0 aliphatic heterocycles. The maximum absolute atomic E-state index is 6.01. The van der Waals surface area contributed by atoms with Gasteiger partial charge < -0.3 is 0 Å². The molecule has 0 fully saturated rings. The van der Waals surface area contributed by atoms with Gasteiger partial charge in [0.15, 0.2) is 0 Å². The highest BCUT2D eigenvalue weighted by Crippen LogP contribution is 2.31. The molecule has 0 heterocycles. The average Bonchev–Trinajstić information content (AvgIpc) is 2.04. The van der Waals surface area contributed by atoms with E-state index in [1.165, 1.54) is 0 Å². The number of rotatable bonds is 2. The van der Waals surface area contributed by atoms with Crippen molar-refractivity contribution in [3.05, 3.63) is 28.8 Å². The number of alkyl halides is 1. The largest absolute Gasteiger partial charge is 0.195 e. The van der Waals surface area contributed by atoms with Crippen molar-refractivity contribution in [2.24, 2.45) is 4.99 Å². The molecule has 0 aliphatic rings. The molecule has 0 saturated heterocycles. The topological polar surface area (TPSA) is 12.4 Å². The lowest BCUT2D eigenvalue weighted by molar-refractivity contribution is 1.12. The summed E-state index contributed by atoms with van der Waals surface area (Å²) < 4.78 is 0. The zero-order valence-corrected chi connectivity index (χ0v) is 10.1. The number of benzene rings is 1. The van der Waals surface area contributed by atoms with Crippen molar-refractivity contribution >= 4 is 50.6 Å².